The van der Waals surface area contributed by atoms with Gasteiger partial charge in [-0.1, -0.05) is 18.2 Å². The highest BCUT2D eigenvalue weighted by Gasteiger charge is 2.16. The van der Waals surface area contributed by atoms with Gasteiger partial charge in [-0.15, -0.1) is 0 Å². The van der Waals surface area contributed by atoms with E-state index < -0.39 is 10.0 Å². The van der Waals surface area contributed by atoms with Gasteiger partial charge in [0.1, 0.15) is 5.75 Å². The van der Waals surface area contributed by atoms with Crippen molar-refractivity contribution in [1.29, 1.82) is 0 Å². The van der Waals surface area contributed by atoms with E-state index in [9.17, 15) is 8.42 Å². The topological polar surface area (TPSA) is 73.9 Å². The summed E-state index contributed by atoms with van der Waals surface area (Å²) in [6.45, 7) is 0.226. The van der Waals surface area contributed by atoms with Gasteiger partial charge in [0.15, 0.2) is 11.5 Å². The van der Waals surface area contributed by atoms with E-state index in [0.29, 0.717) is 23.7 Å². The van der Waals surface area contributed by atoms with E-state index in [4.69, 9.17) is 14.2 Å². The summed E-state index contributed by atoms with van der Waals surface area (Å²) in [4.78, 5) is 0.236. The molecule has 0 aliphatic rings. The lowest BCUT2D eigenvalue weighted by molar-refractivity contribution is 0.345. The summed E-state index contributed by atoms with van der Waals surface area (Å²) in [5.74, 6) is 1.73. The Balaban J connectivity index is 2.14. The predicted octanol–water partition coefficient (Wildman–Crippen LogP) is 2.23. The summed E-state index contributed by atoms with van der Waals surface area (Å²) < 4.78 is 43.0. The molecule has 0 aromatic heterocycles. The molecular weight excluding hydrogens is 330 g/mol. The number of rotatable bonds is 8. The molecule has 7 heteroatoms. The van der Waals surface area contributed by atoms with Crippen molar-refractivity contribution in [3.05, 3.63) is 48.0 Å². The second kappa shape index (κ2) is 8.03. The fraction of sp³-hybridized carbons (Fsp3) is 0.294. The zero-order valence-corrected chi connectivity index (χ0v) is 14.7. The summed E-state index contributed by atoms with van der Waals surface area (Å²) in [6.07, 6.45) is 0.433. The van der Waals surface area contributed by atoms with Crippen LogP contribution < -0.4 is 18.9 Å². The van der Waals surface area contributed by atoms with Crippen LogP contribution in [0.2, 0.25) is 0 Å². The van der Waals surface area contributed by atoms with Gasteiger partial charge < -0.3 is 14.2 Å². The Bertz CT molecular complexity index is 775. The third kappa shape index (κ3) is 4.18. The normalized spacial score (nSPS) is 11.1. The maximum absolute atomic E-state index is 12.2. The lowest BCUT2D eigenvalue weighted by atomic mass is 10.1. The zero-order chi connectivity index (χ0) is 17.6. The molecule has 0 atom stereocenters. The Morgan fingerprint density at radius 2 is 1.67 bits per heavy atom. The van der Waals surface area contributed by atoms with Gasteiger partial charge in [-0.2, -0.15) is 0 Å². The molecule has 2 aromatic rings. The molecule has 0 saturated heterocycles. The van der Waals surface area contributed by atoms with Crippen LogP contribution in [0.5, 0.6) is 17.2 Å². The second-order valence-electron chi connectivity index (χ2n) is 4.98. The minimum Gasteiger partial charge on any atom is -0.497 e. The van der Waals surface area contributed by atoms with Crippen molar-refractivity contribution in [2.45, 2.75) is 11.3 Å². The number of hydrogen-bond acceptors (Lipinski definition) is 5. The van der Waals surface area contributed by atoms with Crippen LogP contribution in [0.25, 0.3) is 0 Å². The van der Waals surface area contributed by atoms with E-state index in [1.54, 1.807) is 63.8 Å². The van der Waals surface area contributed by atoms with Gasteiger partial charge in [0, 0.05) is 18.2 Å². The molecule has 0 aliphatic heterocycles. The van der Waals surface area contributed by atoms with Crippen LogP contribution in [0.4, 0.5) is 0 Å². The third-order valence-electron chi connectivity index (χ3n) is 3.50. The molecule has 0 amide bonds. The van der Waals surface area contributed by atoms with E-state index in [1.807, 2.05) is 0 Å². The van der Waals surface area contributed by atoms with Crippen molar-refractivity contribution in [3.8, 4) is 17.2 Å². The highest BCUT2D eigenvalue weighted by molar-refractivity contribution is 7.89. The standard InChI is InChI=1S/C17H21NO5S/c1-21-14-11-13(17(23-3)16(12-14)22-2)9-10-18-24(19,20)15-7-5-4-6-8-15/h4-8,11-12,18H,9-10H2,1-3H3. The van der Waals surface area contributed by atoms with E-state index in [1.165, 1.54) is 0 Å². The van der Waals surface area contributed by atoms with Crippen LogP contribution in [0.3, 0.4) is 0 Å². The Morgan fingerprint density at radius 1 is 0.958 bits per heavy atom. The molecule has 6 nitrogen and oxygen atoms in total. The van der Waals surface area contributed by atoms with E-state index in [-0.39, 0.29) is 11.4 Å². The van der Waals surface area contributed by atoms with Crippen LogP contribution in [-0.2, 0) is 16.4 Å². The summed E-state index contributed by atoms with van der Waals surface area (Å²) in [5.41, 5.74) is 0.796. The fourth-order valence-corrected chi connectivity index (χ4v) is 3.37. The maximum Gasteiger partial charge on any atom is 0.240 e. The largest absolute Gasteiger partial charge is 0.497 e. The minimum atomic E-state index is -3.53. The molecule has 2 rings (SSSR count). The molecule has 1 N–H and O–H groups in total. The number of nitrogens with one attached hydrogen (secondary N) is 1. The maximum atomic E-state index is 12.2. The number of ether oxygens (including phenoxy) is 3. The van der Waals surface area contributed by atoms with Crippen molar-refractivity contribution in [2.24, 2.45) is 0 Å². The molecule has 2 aromatic carbocycles. The molecule has 0 fully saturated rings. The Morgan fingerprint density at radius 3 is 2.25 bits per heavy atom. The van der Waals surface area contributed by atoms with Gasteiger partial charge >= 0.3 is 0 Å². The first-order valence-electron chi connectivity index (χ1n) is 7.35. The third-order valence-corrected chi connectivity index (χ3v) is 4.98. The highest BCUT2D eigenvalue weighted by atomic mass is 32.2. The fourth-order valence-electron chi connectivity index (χ4n) is 2.32. The first-order valence-corrected chi connectivity index (χ1v) is 8.83. The second-order valence-corrected chi connectivity index (χ2v) is 6.75. The molecule has 0 unspecified atom stereocenters. The molecule has 0 radical (unpaired) electrons. The zero-order valence-electron chi connectivity index (χ0n) is 13.9. The van der Waals surface area contributed by atoms with Crippen molar-refractivity contribution < 1.29 is 22.6 Å². The Kier molecular flexibility index (Phi) is 6.05. The molecule has 130 valence electrons. The van der Waals surface area contributed by atoms with Gasteiger partial charge in [-0.25, -0.2) is 13.1 Å². The van der Waals surface area contributed by atoms with Gasteiger partial charge in [0.05, 0.1) is 26.2 Å². The summed E-state index contributed by atoms with van der Waals surface area (Å²) in [7, 11) is 1.11. The first kappa shape index (κ1) is 18.1. The van der Waals surface area contributed by atoms with Gasteiger partial charge in [0.2, 0.25) is 10.0 Å². The lowest BCUT2D eigenvalue weighted by Gasteiger charge is -2.15. The average molecular weight is 351 g/mol. The summed E-state index contributed by atoms with van der Waals surface area (Å²) in [5, 5.41) is 0. The van der Waals surface area contributed by atoms with Gasteiger partial charge in [-0.3, -0.25) is 0 Å². The predicted molar refractivity (Wildman–Crippen MR) is 91.4 cm³/mol. The number of sulfonamides is 1. The van der Waals surface area contributed by atoms with E-state index in [0.717, 1.165) is 5.56 Å². The Labute approximate surface area is 142 Å². The molecule has 0 spiro atoms. The molecule has 0 heterocycles. The van der Waals surface area contributed by atoms with Crippen LogP contribution in [0, 0.1) is 0 Å². The minimum absolute atomic E-state index is 0.226. The first-order chi connectivity index (χ1) is 11.5. The lowest BCUT2D eigenvalue weighted by Crippen LogP contribution is -2.26. The average Bonchev–Trinajstić information content (AvgIpc) is 2.61. The van der Waals surface area contributed by atoms with Crippen LogP contribution in [0.1, 0.15) is 5.56 Å². The van der Waals surface area contributed by atoms with Crippen LogP contribution >= 0.6 is 0 Å². The van der Waals surface area contributed by atoms with Crippen molar-refractivity contribution in [1.82, 2.24) is 4.72 Å². The van der Waals surface area contributed by atoms with Gasteiger partial charge in [0.25, 0.3) is 0 Å². The molecular formula is C17H21NO5S. The summed E-state index contributed by atoms with van der Waals surface area (Å²) >= 11 is 0. The summed E-state index contributed by atoms with van der Waals surface area (Å²) in [6, 6.07) is 11.8. The molecule has 0 bridgehead atoms. The highest BCUT2D eigenvalue weighted by Crippen LogP contribution is 2.35. The number of hydrogen-bond donors (Lipinski definition) is 1. The SMILES string of the molecule is COc1cc(CCNS(=O)(=O)c2ccccc2)c(OC)c(OC)c1. The number of benzene rings is 2. The quantitative estimate of drug-likeness (QED) is 0.789. The molecule has 0 saturated carbocycles. The molecule has 0 aliphatic carbocycles. The van der Waals surface area contributed by atoms with Gasteiger partial charge in [-0.05, 0) is 24.6 Å². The van der Waals surface area contributed by atoms with Crippen molar-refractivity contribution in [3.63, 3.8) is 0 Å². The van der Waals surface area contributed by atoms with Crippen molar-refractivity contribution in [2.75, 3.05) is 27.9 Å². The van der Waals surface area contributed by atoms with E-state index in [2.05, 4.69) is 4.72 Å². The smallest absolute Gasteiger partial charge is 0.240 e. The molecule has 24 heavy (non-hydrogen) atoms. The van der Waals surface area contributed by atoms with Crippen LogP contribution in [-0.4, -0.2) is 36.3 Å². The number of methoxy groups -OCH3 is 3. The van der Waals surface area contributed by atoms with Crippen LogP contribution in [0.15, 0.2) is 47.4 Å². The van der Waals surface area contributed by atoms with Crippen molar-refractivity contribution >= 4 is 10.0 Å². The monoisotopic (exact) mass is 351 g/mol. The Hall–Kier alpha value is -2.25. The van der Waals surface area contributed by atoms with E-state index >= 15 is 0 Å².